The van der Waals surface area contributed by atoms with E-state index in [1.807, 2.05) is 12.1 Å². The van der Waals surface area contributed by atoms with Crippen molar-refractivity contribution in [3.63, 3.8) is 0 Å². The lowest BCUT2D eigenvalue weighted by molar-refractivity contribution is -0.115. The van der Waals surface area contributed by atoms with Gasteiger partial charge in [-0.25, -0.2) is 4.98 Å². The number of benzene rings is 2. The molecule has 0 spiro atoms. The molecule has 1 heterocycles. The Morgan fingerprint density at radius 3 is 2.56 bits per heavy atom. The monoisotopic (exact) mass is 355 g/mol. The molecule has 6 nitrogen and oxygen atoms in total. The van der Waals surface area contributed by atoms with E-state index in [2.05, 4.69) is 15.6 Å². The van der Waals surface area contributed by atoms with Crippen molar-refractivity contribution in [1.82, 2.24) is 4.98 Å². The van der Waals surface area contributed by atoms with E-state index in [0.29, 0.717) is 28.6 Å². The molecule has 3 rings (SSSR count). The van der Waals surface area contributed by atoms with Crippen LogP contribution < -0.4 is 15.4 Å². The predicted molar refractivity (Wildman–Crippen MR) is 99.5 cm³/mol. The minimum atomic E-state index is -0.203. The summed E-state index contributed by atoms with van der Waals surface area (Å²) in [6, 6.07) is 12.3. The lowest BCUT2D eigenvalue weighted by atomic mass is 10.2. The molecular weight excluding hydrogens is 338 g/mol. The summed E-state index contributed by atoms with van der Waals surface area (Å²) in [4.78, 5) is 28.1. The highest BCUT2D eigenvalue weighted by molar-refractivity contribution is 7.22. The van der Waals surface area contributed by atoms with Gasteiger partial charge in [0.1, 0.15) is 5.75 Å². The second-order valence-electron chi connectivity index (χ2n) is 5.29. The Morgan fingerprint density at radius 2 is 1.88 bits per heavy atom. The molecule has 0 saturated heterocycles. The number of anilines is 2. The van der Waals surface area contributed by atoms with Gasteiger partial charge >= 0.3 is 0 Å². The van der Waals surface area contributed by atoms with Crippen LogP contribution in [0.15, 0.2) is 42.5 Å². The van der Waals surface area contributed by atoms with Crippen molar-refractivity contribution < 1.29 is 14.3 Å². The molecule has 2 aromatic carbocycles. The molecule has 2 N–H and O–H groups in total. The third-order valence-electron chi connectivity index (χ3n) is 3.57. The quantitative estimate of drug-likeness (QED) is 0.727. The van der Waals surface area contributed by atoms with Gasteiger partial charge in [-0.1, -0.05) is 18.3 Å². The first-order valence-electron chi connectivity index (χ1n) is 7.75. The number of fused-ring (bicyclic) bond motifs is 1. The maximum absolute atomic E-state index is 12.3. The Bertz CT molecular complexity index is 919. The summed E-state index contributed by atoms with van der Waals surface area (Å²) < 4.78 is 5.97. The number of carbonyl (C=O) groups is 2. The fourth-order valence-corrected chi connectivity index (χ4v) is 3.13. The van der Waals surface area contributed by atoms with Gasteiger partial charge < -0.3 is 15.4 Å². The number of hydrogen-bond acceptors (Lipinski definition) is 5. The van der Waals surface area contributed by atoms with Crippen molar-refractivity contribution in [2.24, 2.45) is 0 Å². The summed E-state index contributed by atoms with van der Waals surface area (Å²) >= 11 is 1.37. The summed E-state index contributed by atoms with van der Waals surface area (Å²) in [5.41, 5.74) is 1.99. The molecule has 2 amide bonds. The van der Waals surface area contributed by atoms with E-state index in [9.17, 15) is 9.59 Å². The largest absolute Gasteiger partial charge is 0.497 e. The summed E-state index contributed by atoms with van der Waals surface area (Å²) in [6.45, 7) is 1.79. The normalized spacial score (nSPS) is 10.5. The van der Waals surface area contributed by atoms with Crippen molar-refractivity contribution in [3.05, 3.63) is 48.0 Å². The topological polar surface area (TPSA) is 80.3 Å². The smallest absolute Gasteiger partial charge is 0.255 e. The molecule has 0 unspecified atom stereocenters. The Labute approximate surface area is 148 Å². The number of carbonyl (C=O) groups excluding carboxylic acids is 2. The first-order chi connectivity index (χ1) is 12.1. The van der Waals surface area contributed by atoms with Crippen LogP contribution in [0, 0.1) is 0 Å². The Kier molecular flexibility index (Phi) is 4.95. The number of hydrogen-bond donors (Lipinski definition) is 2. The fraction of sp³-hybridized carbons (Fsp3) is 0.167. The van der Waals surface area contributed by atoms with Crippen LogP contribution in [-0.2, 0) is 4.79 Å². The van der Waals surface area contributed by atoms with E-state index < -0.39 is 0 Å². The lowest BCUT2D eigenvalue weighted by Gasteiger charge is -2.06. The van der Waals surface area contributed by atoms with Gasteiger partial charge in [-0.15, -0.1) is 0 Å². The maximum Gasteiger partial charge on any atom is 0.255 e. The van der Waals surface area contributed by atoms with Gasteiger partial charge in [0, 0.05) is 17.7 Å². The standard InChI is InChI=1S/C18H17N3O3S/c1-3-16(22)21-18-20-14-9-6-12(10-15(14)25-18)19-17(23)11-4-7-13(24-2)8-5-11/h4-10H,3H2,1-2H3,(H,19,23)(H,20,21,22). The number of amides is 2. The van der Waals surface area contributed by atoms with Crippen molar-refractivity contribution >= 4 is 44.2 Å². The number of aromatic nitrogens is 1. The summed E-state index contributed by atoms with van der Waals surface area (Å²) in [5, 5.41) is 6.16. The van der Waals surface area contributed by atoms with Crippen molar-refractivity contribution in [2.75, 3.05) is 17.7 Å². The zero-order valence-corrected chi connectivity index (χ0v) is 14.6. The first kappa shape index (κ1) is 16.9. The molecule has 0 radical (unpaired) electrons. The SMILES string of the molecule is CCC(=O)Nc1nc2ccc(NC(=O)c3ccc(OC)cc3)cc2s1. The average Bonchev–Trinajstić information content (AvgIpc) is 3.03. The number of nitrogens with one attached hydrogen (secondary N) is 2. The highest BCUT2D eigenvalue weighted by atomic mass is 32.1. The third kappa shape index (κ3) is 3.95. The highest BCUT2D eigenvalue weighted by Gasteiger charge is 2.10. The zero-order valence-electron chi connectivity index (χ0n) is 13.8. The molecular formula is C18H17N3O3S. The van der Waals surface area contributed by atoms with Gasteiger partial charge in [-0.05, 0) is 42.5 Å². The van der Waals surface area contributed by atoms with Crippen LogP contribution in [0.3, 0.4) is 0 Å². The number of thiazole rings is 1. The van der Waals surface area contributed by atoms with E-state index in [1.54, 1.807) is 44.4 Å². The summed E-state index contributed by atoms with van der Waals surface area (Å²) in [6.07, 6.45) is 0.402. The van der Waals surface area contributed by atoms with Crippen LogP contribution in [0.1, 0.15) is 23.7 Å². The Balaban J connectivity index is 1.76. The van der Waals surface area contributed by atoms with E-state index in [-0.39, 0.29) is 11.8 Å². The fourth-order valence-electron chi connectivity index (χ4n) is 2.21. The third-order valence-corrected chi connectivity index (χ3v) is 4.50. The van der Waals surface area contributed by atoms with Crippen LogP contribution in [0.5, 0.6) is 5.75 Å². The van der Waals surface area contributed by atoms with Gasteiger partial charge in [0.15, 0.2) is 5.13 Å². The van der Waals surface area contributed by atoms with Crippen LogP contribution in [0.4, 0.5) is 10.8 Å². The first-order valence-corrected chi connectivity index (χ1v) is 8.56. The predicted octanol–water partition coefficient (Wildman–Crippen LogP) is 3.91. The molecule has 0 aliphatic heterocycles. The van der Waals surface area contributed by atoms with Gasteiger partial charge in [0.2, 0.25) is 5.91 Å². The number of methoxy groups -OCH3 is 1. The maximum atomic E-state index is 12.3. The minimum Gasteiger partial charge on any atom is -0.497 e. The average molecular weight is 355 g/mol. The van der Waals surface area contributed by atoms with Crippen LogP contribution in [0.25, 0.3) is 10.2 Å². The number of rotatable bonds is 5. The second-order valence-corrected chi connectivity index (χ2v) is 6.32. The molecule has 0 atom stereocenters. The number of nitrogens with zero attached hydrogens (tertiary/aromatic N) is 1. The molecule has 7 heteroatoms. The van der Waals surface area contributed by atoms with Gasteiger partial charge in [0.25, 0.3) is 5.91 Å². The van der Waals surface area contributed by atoms with Gasteiger partial charge in [-0.2, -0.15) is 0 Å². The second kappa shape index (κ2) is 7.31. The van der Waals surface area contributed by atoms with Crippen LogP contribution >= 0.6 is 11.3 Å². The molecule has 128 valence electrons. The molecule has 0 bridgehead atoms. The molecule has 0 aliphatic carbocycles. The van der Waals surface area contributed by atoms with Crippen LogP contribution in [-0.4, -0.2) is 23.9 Å². The van der Waals surface area contributed by atoms with E-state index in [4.69, 9.17) is 4.74 Å². The van der Waals surface area contributed by atoms with E-state index in [1.165, 1.54) is 11.3 Å². The van der Waals surface area contributed by atoms with Gasteiger partial charge in [0.05, 0.1) is 17.3 Å². The molecule has 25 heavy (non-hydrogen) atoms. The molecule has 0 aliphatic rings. The molecule has 0 saturated carbocycles. The molecule has 0 fully saturated rings. The zero-order chi connectivity index (χ0) is 17.8. The lowest BCUT2D eigenvalue weighted by Crippen LogP contribution is -2.11. The number of ether oxygens (including phenoxy) is 1. The van der Waals surface area contributed by atoms with E-state index in [0.717, 1.165) is 10.2 Å². The highest BCUT2D eigenvalue weighted by Crippen LogP contribution is 2.28. The van der Waals surface area contributed by atoms with Gasteiger partial charge in [-0.3, -0.25) is 9.59 Å². The van der Waals surface area contributed by atoms with Crippen LogP contribution in [0.2, 0.25) is 0 Å². The summed E-state index contributed by atoms with van der Waals surface area (Å²) in [5.74, 6) is 0.419. The summed E-state index contributed by atoms with van der Waals surface area (Å²) in [7, 11) is 1.58. The van der Waals surface area contributed by atoms with E-state index >= 15 is 0 Å². The van der Waals surface area contributed by atoms with Crippen molar-refractivity contribution in [3.8, 4) is 5.75 Å². The Morgan fingerprint density at radius 1 is 1.12 bits per heavy atom. The minimum absolute atomic E-state index is 0.0768. The van der Waals surface area contributed by atoms with Crippen molar-refractivity contribution in [1.29, 1.82) is 0 Å². The Hall–Kier alpha value is -2.93. The molecule has 3 aromatic rings. The van der Waals surface area contributed by atoms with Crippen molar-refractivity contribution in [2.45, 2.75) is 13.3 Å². The molecule has 1 aromatic heterocycles.